The zero-order chi connectivity index (χ0) is 20.1. The van der Waals surface area contributed by atoms with Crippen LogP contribution in [0, 0.1) is 12.3 Å². The van der Waals surface area contributed by atoms with E-state index in [1.165, 1.54) is 7.11 Å². The van der Waals surface area contributed by atoms with E-state index < -0.39 is 5.91 Å². The van der Waals surface area contributed by atoms with Crippen molar-refractivity contribution in [3.8, 4) is 23.8 Å². The molecule has 0 aliphatic carbocycles. The van der Waals surface area contributed by atoms with Gasteiger partial charge in [0.25, 0.3) is 11.1 Å². The van der Waals surface area contributed by atoms with Gasteiger partial charge in [-0.25, -0.2) is 0 Å². The van der Waals surface area contributed by atoms with E-state index in [-0.39, 0.29) is 11.8 Å². The summed E-state index contributed by atoms with van der Waals surface area (Å²) < 4.78 is 11.2. The number of terminal acetylenes is 1. The lowest BCUT2D eigenvalue weighted by Gasteiger charge is -2.12. The average molecular weight is 414 g/mol. The lowest BCUT2D eigenvalue weighted by molar-refractivity contribution is -0.122. The summed E-state index contributed by atoms with van der Waals surface area (Å²) in [6.07, 6.45) is 6.83. The minimum Gasteiger partial charge on any atom is -0.493 e. The summed E-state index contributed by atoms with van der Waals surface area (Å²) in [7, 11) is 1.53. The van der Waals surface area contributed by atoms with Crippen LogP contribution in [0.1, 0.15) is 11.1 Å². The Morgan fingerprint density at radius 1 is 1.21 bits per heavy atom. The fourth-order valence-electron chi connectivity index (χ4n) is 2.54. The first-order chi connectivity index (χ1) is 13.5. The summed E-state index contributed by atoms with van der Waals surface area (Å²) >= 11 is 7.01. The standard InChI is InChI=1S/C21H16ClNO4S/c1-3-10-23-20(24)19(28-21(23)25)12-14-8-9-17(18(11-14)26-2)27-13-15-6-4-5-7-16(15)22/h1,4-9,11-12H,10,13H2,2H3/b19-12+. The Morgan fingerprint density at radius 3 is 2.71 bits per heavy atom. The maximum absolute atomic E-state index is 12.3. The topological polar surface area (TPSA) is 55.8 Å². The van der Waals surface area contributed by atoms with Gasteiger partial charge in [0, 0.05) is 10.6 Å². The molecule has 2 amide bonds. The number of amides is 2. The molecule has 7 heteroatoms. The Morgan fingerprint density at radius 2 is 2.00 bits per heavy atom. The Labute approximate surface area is 172 Å². The van der Waals surface area contributed by atoms with E-state index in [1.54, 1.807) is 30.3 Å². The third-order valence-electron chi connectivity index (χ3n) is 3.95. The van der Waals surface area contributed by atoms with E-state index in [9.17, 15) is 9.59 Å². The second-order valence-corrected chi connectivity index (χ2v) is 7.16. The van der Waals surface area contributed by atoms with E-state index in [2.05, 4.69) is 5.92 Å². The molecule has 0 spiro atoms. The Hall–Kier alpha value is -2.88. The van der Waals surface area contributed by atoms with Crippen LogP contribution in [0.3, 0.4) is 0 Å². The maximum atomic E-state index is 12.3. The van der Waals surface area contributed by atoms with Gasteiger partial charge in [-0.1, -0.05) is 41.8 Å². The second kappa shape index (κ2) is 8.87. The highest BCUT2D eigenvalue weighted by atomic mass is 35.5. The van der Waals surface area contributed by atoms with E-state index in [0.717, 1.165) is 22.2 Å². The lowest BCUT2D eigenvalue weighted by atomic mass is 10.1. The summed E-state index contributed by atoms with van der Waals surface area (Å²) in [5, 5.41) is 0.252. The van der Waals surface area contributed by atoms with E-state index in [0.29, 0.717) is 33.6 Å². The van der Waals surface area contributed by atoms with Gasteiger partial charge in [-0.05, 0) is 41.6 Å². The van der Waals surface area contributed by atoms with Gasteiger partial charge in [-0.2, -0.15) is 0 Å². The zero-order valence-corrected chi connectivity index (χ0v) is 16.5. The first-order valence-corrected chi connectivity index (χ1v) is 9.46. The van der Waals surface area contributed by atoms with E-state index >= 15 is 0 Å². The molecule has 0 radical (unpaired) electrons. The summed E-state index contributed by atoms with van der Waals surface area (Å²) in [5.41, 5.74) is 1.56. The molecule has 0 N–H and O–H groups in total. The Kier molecular flexibility index (Phi) is 6.30. The normalized spacial score (nSPS) is 15.0. The van der Waals surface area contributed by atoms with Crippen molar-refractivity contribution >= 4 is 40.6 Å². The molecule has 1 aliphatic heterocycles. The summed E-state index contributed by atoms with van der Waals surface area (Å²) in [4.78, 5) is 25.5. The van der Waals surface area contributed by atoms with E-state index in [1.807, 2.05) is 18.2 Å². The van der Waals surface area contributed by atoms with Gasteiger partial charge in [-0.15, -0.1) is 6.42 Å². The van der Waals surface area contributed by atoms with Crippen LogP contribution < -0.4 is 9.47 Å². The number of thioether (sulfide) groups is 1. The van der Waals surface area contributed by atoms with Crippen molar-refractivity contribution < 1.29 is 19.1 Å². The van der Waals surface area contributed by atoms with Crippen LogP contribution >= 0.6 is 23.4 Å². The molecule has 0 unspecified atom stereocenters. The number of rotatable bonds is 6. The van der Waals surface area contributed by atoms with Gasteiger partial charge in [0.2, 0.25) is 0 Å². The highest BCUT2D eigenvalue weighted by molar-refractivity contribution is 8.18. The molecule has 0 saturated carbocycles. The van der Waals surface area contributed by atoms with Crippen LogP contribution in [0.15, 0.2) is 47.4 Å². The van der Waals surface area contributed by atoms with Gasteiger partial charge in [0.05, 0.1) is 18.6 Å². The summed E-state index contributed by atoms with van der Waals surface area (Å²) in [6.45, 7) is 0.251. The molecule has 0 atom stereocenters. The van der Waals surface area contributed by atoms with Gasteiger partial charge in [-0.3, -0.25) is 14.5 Å². The number of hydrogen-bond donors (Lipinski definition) is 0. The van der Waals surface area contributed by atoms with Crippen LogP contribution in [-0.2, 0) is 11.4 Å². The second-order valence-electron chi connectivity index (χ2n) is 5.76. The van der Waals surface area contributed by atoms with Crippen molar-refractivity contribution in [2.75, 3.05) is 13.7 Å². The zero-order valence-electron chi connectivity index (χ0n) is 15.0. The SMILES string of the molecule is C#CCN1C(=O)S/C(=C/c2ccc(OCc3ccccc3Cl)c(OC)c2)C1=O. The number of ether oxygens (including phenoxy) is 2. The average Bonchev–Trinajstić information content (AvgIpc) is 2.95. The molecule has 0 aromatic heterocycles. The quantitative estimate of drug-likeness (QED) is 0.511. The molecule has 1 fully saturated rings. The van der Waals surface area contributed by atoms with E-state index in [4.69, 9.17) is 27.5 Å². The van der Waals surface area contributed by atoms with Crippen LogP contribution in [-0.4, -0.2) is 29.7 Å². The van der Waals surface area contributed by atoms with Crippen molar-refractivity contribution in [2.45, 2.75) is 6.61 Å². The Balaban J connectivity index is 1.78. The molecular weight excluding hydrogens is 398 g/mol. The molecule has 5 nitrogen and oxygen atoms in total. The maximum Gasteiger partial charge on any atom is 0.294 e. The van der Waals surface area contributed by atoms with Gasteiger partial charge in [0.1, 0.15) is 6.61 Å². The third kappa shape index (κ3) is 4.33. The monoisotopic (exact) mass is 413 g/mol. The minimum absolute atomic E-state index is 0.0415. The molecule has 3 rings (SSSR count). The van der Waals surface area contributed by atoms with Crippen LogP contribution in [0.25, 0.3) is 6.08 Å². The lowest BCUT2D eigenvalue weighted by Crippen LogP contribution is -2.28. The minimum atomic E-state index is -0.397. The predicted molar refractivity (Wildman–Crippen MR) is 110 cm³/mol. The van der Waals surface area contributed by atoms with Crippen molar-refractivity contribution in [2.24, 2.45) is 0 Å². The third-order valence-corrected chi connectivity index (χ3v) is 5.23. The number of benzene rings is 2. The molecule has 0 bridgehead atoms. The molecule has 1 heterocycles. The fourth-order valence-corrected chi connectivity index (χ4v) is 3.57. The van der Waals surface area contributed by atoms with Crippen molar-refractivity contribution in [1.29, 1.82) is 0 Å². The highest BCUT2D eigenvalue weighted by Crippen LogP contribution is 2.34. The predicted octanol–water partition coefficient (Wildman–Crippen LogP) is 4.60. The number of nitrogens with zero attached hydrogens (tertiary/aromatic N) is 1. The highest BCUT2D eigenvalue weighted by Gasteiger charge is 2.34. The van der Waals surface area contributed by atoms with Gasteiger partial charge < -0.3 is 9.47 Å². The Bertz CT molecular complexity index is 996. The van der Waals surface area contributed by atoms with Crippen LogP contribution in [0.4, 0.5) is 4.79 Å². The van der Waals surface area contributed by atoms with Crippen molar-refractivity contribution in [3.63, 3.8) is 0 Å². The summed E-state index contributed by atoms with van der Waals surface area (Å²) in [5.74, 6) is 2.96. The number of carbonyl (C=O) groups excluding carboxylic acids is 2. The first kappa shape index (κ1) is 19.9. The number of methoxy groups -OCH3 is 1. The molecule has 2 aromatic carbocycles. The number of imide groups is 1. The van der Waals surface area contributed by atoms with Crippen molar-refractivity contribution in [1.82, 2.24) is 4.90 Å². The van der Waals surface area contributed by atoms with Gasteiger partial charge in [0.15, 0.2) is 11.5 Å². The smallest absolute Gasteiger partial charge is 0.294 e. The molecule has 142 valence electrons. The molecule has 1 saturated heterocycles. The summed E-state index contributed by atoms with van der Waals surface area (Å²) in [6, 6.07) is 12.7. The van der Waals surface area contributed by atoms with Crippen molar-refractivity contribution in [3.05, 3.63) is 63.5 Å². The molecule has 1 aliphatic rings. The first-order valence-electron chi connectivity index (χ1n) is 8.26. The number of halogens is 1. The van der Waals surface area contributed by atoms with Gasteiger partial charge >= 0.3 is 0 Å². The number of hydrogen-bond acceptors (Lipinski definition) is 5. The van der Waals surface area contributed by atoms with Crippen LogP contribution in [0.5, 0.6) is 11.5 Å². The van der Waals surface area contributed by atoms with Crippen LogP contribution in [0.2, 0.25) is 5.02 Å². The molecule has 2 aromatic rings. The fraction of sp³-hybridized carbons (Fsp3) is 0.143. The molecular formula is C21H16ClNO4S. The number of carbonyl (C=O) groups is 2. The molecule has 28 heavy (non-hydrogen) atoms. The largest absolute Gasteiger partial charge is 0.493 e.